The van der Waals surface area contributed by atoms with Crippen LogP contribution in [0.15, 0.2) is 0 Å². The summed E-state index contributed by atoms with van der Waals surface area (Å²) in [6, 6.07) is 0. The second-order valence-corrected chi connectivity index (χ2v) is 7.11. The predicted molar refractivity (Wildman–Crippen MR) is 72.5 cm³/mol. The molecule has 0 amide bonds. The van der Waals surface area contributed by atoms with Crippen molar-refractivity contribution < 1.29 is 14.6 Å². The van der Waals surface area contributed by atoms with Gasteiger partial charge in [-0.2, -0.15) is 0 Å². The Morgan fingerprint density at radius 1 is 1.00 bits per heavy atom. The third-order valence-electron chi connectivity index (χ3n) is 5.35. The predicted octanol–water partition coefficient (Wildman–Crippen LogP) is 3.05. The van der Waals surface area contributed by atoms with Crippen LogP contribution in [0.1, 0.15) is 64.2 Å². The van der Waals surface area contributed by atoms with E-state index in [0.29, 0.717) is 6.42 Å². The summed E-state index contributed by atoms with van der Waals surface area (Å²) in [5.74, 6) is 2.48. The Morgan fingerprint density at radius 2 is 1.58 bits per heavy atom. The lowest BCUT2D eigenvalue weighted by Crippen LogP contribution is -2.52. The minimum absolute atomic E-state index is 0.000102. The highest BCUT2D eigenvalue weighted by Gasteiger charge is 2.53. The van der Waals surface area contributed by atoms with Gasteiger partial charge in [0.15, 0.2) is 0 Å². The van der Waals surface area contributed by atoms with Crippen LogP contribution >= 0.6 is 0 Å². The van der Waals surface area contributed by atoms with E-state index < -0.39 is 0 Å². The fourth-order valence-corrected chi connectivity index (χ4v) is 5.01. The topological polar surface area (TPSA) is 46.5 Å². The molecule has 0 atom stereocenters. The first kappa shape index (κ1) is 13.4. The van der Waals surface area contributed by atoms with Crippen molar-refractivity contribution in [2.45, 2.75) is 69.8 Å². The lowest BCUT2D eigenvalue weighted by molar-refractivity contribution is -0.186. The van der Waals surface area contributed by atoms with Crippen LogP contribution < -0.4 is 0 Å². The summed E-state index contributed by atoms with van der Waals surface area (Å²) in [7, 11) is 0. The molecule has 0 aromatic carbocycles. The van der Waals surface area contributed by atoms with Gasteiger partial charge in [-0.25, -0.2) is 0 Å². The second kappa shape index (κ2) is 5.43. The lowest BCUT2D eigenvalue weighted by Gasteiger charge is -2.55. The molecule has 4 aliphatic carbocycles. The molecule has 3 nitrogen and oxygen atoms in total. The van der Waals surface area contributed by atoms with Crippen LogP contribution in [-0.4, -0.2) is 23.3 Å². The van der Waals surface area contributed by atoms with Crippen molar-refractivity contribution in [3.8, 4) is 0 Å². The summed E-state index contributed by atoms with van der Waals surface area (Å²) in [6.45, 7) is 0.226. The maximum atomic E-state index is 12.0. The molecule has 0 heterocycles. The smallest absolute Gasteiger partial charge is 0.306 e. The van der Waals surface area contributed by atoms with Crippen molar-refractivity contribution in [2.75, 3.05) is 6.61 Å². The van der Waals surface area contributed by atoms with Gasteiger partial charge in [-0.15, -0.1) is 0 Å². The Kier molecular flexibility index (Phi) is 3.84. The average Bonchev–Trinajstić information content (AvgIpc) is 2.32. The number of unbranched alkanes of at least 4 members (excludes halogenated alkanes) is 2. The van der Waals surface area contributed by atoms with Crippen LogP contribution in [0.2, 0.25) is 0 Å². The zero-order chi connectivity index (χ0) is 13.3. The van der Waals surface area contributed by atoms with Gasteiger partial charge in [0.25, 0.3) is 0 Å². The van der Waals surface area contributed by atoms with E-state index in [1.54, 1.807) is 0 Å². The molecule has 0 radical (unpaired) electrons. The van der Waals surface area contributed by atoms with E-state index in [1.807, 2.05) is 0 Å². The normalized spacial score (nSPS) is 39.5. The van der Waals surface area contributed by atoms with E-state index in [-0.39, 0.29) is 18.2 Å². The standard InChI is InChI=1S/C16H26O3/c17-5-3-1-2-4-15(18)19-16-9-12-6-13(10-16)8-14(7-12)11-16/h12-14,17H,1-11H2. The number of carbonyl (C=O) groups is 1. The third-order valence-corrected chi connectivity index (χ3v) is 5.35. The fraction of sp³-hybridized carbons (Fsp3) is 0.938. The Labute approximate surface area is 115 Å². The van der Waals surface area contributed by atoms with Crippen LogP contribution in [0.3, 0.4) is 0 Å². The van der Waals surface area contributed by atoms with Crippen LogP contribution in [0.4, 0.5) is 0 Å². The molecule has 4 fully saturated rings. The number of aliphatic hydroxyl groups is 1. The monoisotopic (exact) mass is 266 g/mol. The quantitative estimate of drug-likeness (QED) is 0.593. The van der Waals surface area contributed by atoms with Gasteiger partial charge >= 0.3 is 5.97 Å². The first-order valence-electron chi connectivity index (χ1n) is 8.02. The number of hydrogen-bond acceptors (Lipinski definition) is 3. The summed E-state index contributed by atoms with van der Waals surface area (Å²) < 4.78 is 5.93. The molecule has 4 rings (SSSR count). The van der Waals surface area contributed by atoms with E-state index in [0.717, 1.165) is 56.3 Å². The zero-order valence-electron chi connectivity index (χ0n) is 11.8. The molecule has 4 aliphatic rings. The van der Waals surface area contributed by atoms with Crippen molar-refractivity contribution in [3.63, 3.8) is 0 Å². The van der Waals surface area contributed by atoms with Crippen molar-refractivity contribution in [1.29, 1.82) is 0 Å². The fourth-order valence-electron chi connectivity index (χ4n) is 5.01. The van der Waals surface area contributed by atoms with Crippen LogP contribution in [0, 0.1) is 17.8 Å². The molecule has 108 valence electrons. The molecule has 1 N–H and O–H groups in total. The van der Waals surface area contributed by atoms with Gasteiger partial charge in [0.1, 0.15) is 5.60 Å². The number of esters is 1. The molecular weight excluding hydrogens is 240 g/mol. The number of hydrogen-bond donors (Lipinski definition) is 1. The maximum Gasteiger partial charge on any atom is 0.306 e. The molecule has 3 heteroatoms. The summed E-state index contributed by atoms with van der Waals surface area (Å²) in [5, 5.41) is 8.73. The summed E-state index contributed by atoms with van der Waals surface area (Å²) in [6.07, 6.45) is 10.6. The molecule has 0 aromatic rings. The van der Waals surface area contributed by atoms with Crippen LogP contribution in [0.5, 0.6) is 0 Å². The maximum absolute atomic E-state index is 12.0. The molecule has 4 saturated carbocycles. The van der Waals surface area contributed by atoms with Gasteiger partial charge < -0.3 is 9.84 Å². The van der Waals surface area contributed by atoms with Crippen molar-refractivity contribution in [3.05, 3.63) is 0 Å². The average molecular weight is 266 g/mol. The minimum Gasteiger partial charge on any atom is -0.459 e. The SMILES string of the molecule is O=C(CCCCCO)OC12CC3CC(CC(C3)C1)C2. The first-order valence-corrected chi connectivity index (χ1v) is 8.02. The highest BCUT2D eigenvalue weighted by molar-refractivity contribution is 5.70. The van der Waals surface area contributed by atoms with Crippen molar-refractivity contribution in [1.82, 2.24) is 0 Å². The highest BCUT2D eigenvalue weighted by Crippen LogP contribution is 2.57. The third kappa shape index (κ3) is 2.96. The molecule has 0 unspecified atom stereocenters. The minimum atomic E-state index is -0.0805. The Hall–Kier alpha value is -0.570. The van der Waals surface area contributed by atoms with Gasteiger partial charge in [0.05, 0.1) is 0 Å². The van der Waals surface area contributed by atoms with Crippen molar-refractivity contribution >= 4 is 5.97 Å². The molecule has 0 saturated heterocycles. The van der Waals surface area contributed by atoms with Crippen molar-refractivity contribution in [2.24, 2.45) is 17.8 Å². The lowest BCUT2D eigenvalue weighted by atomic mass is 9.54. The van der Waals surface area contributed by atoms with Gasteiger partial charge in [-0.3, -0.25) is 4.79 Å². The highest BCUT2D eigenvalue weighted by atomic mass is 16.6. The number of ether oxygens (including phenoxy) is 1. The molecule has 19 heavy (non-hydrogen) atoms. The van der Waals surface area contributed by atoms with E-state index in [9.17, 15) is 4.79 Å². The summed E-state index contributed by atoms with van der Waals surface area (Å²) >= 11 is 0. The van der Waals surface area contributed by atoms with Gasteiger partial charge in [-0.1, -0.05) is 6.42 Å². The van der Waals surface area contributed by atoms with E-state index in [2.05, 4.69) is 0 Å². The van der Waals surface area contributed by atoms with Gasteiger partial charge in [0.2, 0.25) is 0 Å². The number of carbonyl (C=O) groups excluding carboxylic acids is 1. The van der Waals surface area contributed by atoms with Gasteiger partial charge in [-0.05, 0) is 69.1 Å². The summed E-state index contributed by atoms with van der Waals surface area (Å²) in [4.78, 5) is 12.0. The largest absolute Gasteiger partial charge is 0.459 e. The zero-order valence-corrected chi connectivity index (χ0v) is 11.8. The first-order chi connectivity index (χ1) is 9.19. The number of rotatable bonds is 6. The Bertz CT molecular complexity index is 302. The van der Waals surface area contributed by atoms with Crippen LogP contribution in [0.25, 0.3) is 0 Å². The Morgan fingerprint density at radius 3 is 2.11 bits per heavy atom. The molecule has 0 aromatic heterocycles. The van der Waals surface area contributed by atoms with E-state index >= 15 is 0 Å². The number of aliphatic hydroxyl groups excluding tert-OH is 1. The Balaban J connectivity index is 1.50. The summed E-state index contributed by atoms with van der Waals surface area (Å²) in [5.41, 5.74) is -0.0805. The van der Waals surface area contributed by atoms with Gasteiger partial charge in [0, 0.05) is 13.0 Å². The molecule has 0 spiro atoms. The van der Waals surface area contributed by atoms with E-state index in [1.165, 1.54) is 19.3 Å². The molecule has 0 aliphatic heterocycles. The molecule has 4 bridgehead atoms. The van der Waals surface area contributed by atoms with Crippen LogP contribution in [-0.2, 0) is 9.53 Å². The second-order valence-electron chi connectivity index (χ2n) is 7.11. The van der Waals surface area contributed by atoms with E-state index in [4.69, 9.17) is 9.84 Å². The molecular formula is C16H26O3.